The predicted molar refractivity (Wildman–Crippen MR) is 53.2 cm³/mol. The summed E-state index contributed by atoms with van der Waals surface area (Å²) < 4.78 is 40.8. The Balaban J connectivity index is 3.33. The molecular weight excluding hydrogens is 192 g/mol. The van der Waals surface area contributed by atoms with Gasteiger partial charge in [0.05, 0.1) is 0 Å². The molecule has 0 N–H and O–H groups in total. The minimum absolute atomic E-state index is 0.379. The minimum atomic E-state index is -4.92. The van der Waals surface area contributed by atoms with Crippen molar-refractivity contribution in [3.63, 3.8) is 0 Å². The normalized spacial score (nSPS) is 11.7. The molecule has 1 nitrogen and oxygen atoms in total. The summed E-state index contributed by atoms with van der Waals surface area (Å²) in [6, 6.07) is 0. The van der Waals surface area contributed by atoms with Gasteiger partial charge < -0.3 is 17.7 Å². The lowest BCUT2D eigenvalue weighted by Crippen LogP contribution is -2.22. The summed E-state index contributed by atoms with van der Waals surface area (Å²) in [6.07, 6.45) is 4.05. The van der Waals surface area contributed by atoms with Crippen LogP contribution in [0.5, 0.6) is 0 Å². The summed E-state index contributed by atoms with van der Waals surface area (Å²) in [5.74, 6) is 0. The fourth-order valence-corrected chi connectivity index (χ4v) is 0.929. The lowest BCUT2D eigenvalue weighted by atomic mass is 9.81. The molecule has 0 unspecified atom stereocenters. The third kappa shape index (κ3) is 7.01. The van der Waals surface area contributed by atoms with Gasteiger partial charge in [0, 0.05) is 13.2 Å². The summed E-state index contributed by atoms with van der Waals surface area (Å²) in [7, 11) is 0. The highest BCUT2D eigenvalue weighted by atomic mass is 19.4. The van der Waals surface area contributed by atoms with Crippen molar-refractivity contribution in [2.24, 2.45) is 0 Å². The molecule has 0 saturated carbocycles. The minimum Gasteiger partial charge on any atom is -0.445 e. The molecule has 14 heavy (non-hydrogen) atoms. The van der Waals surface area contributed by atoms with Crippen LogP contribution >= 0.6 is 0 Å². The molecule has 0 aromatic rings. The molecule has 0 aliphatic heterocycles. The van der Waals surface area contributed by atoms with E-state index in [1.165, 1.54) is 0 Å². The monoisotopic (exact) mass is 209 g/mol. The largest absolute Gasteiger partial charge is 0.507 e. The summed E-state index contributed by atoms with van der Waals surface area (Å²) in [5, 5.41) is 0. The first kappa shape index (κ1) is 13.6. The Kier molecular flexibility index (Phi) is 6.71. The zero-order chi connectivity index (χ0) is 11.0. The molecule has 0 atom stereocenters. The molecule has 0 aliphatic rings. The number of rotatable bonds is 8. The van der Waals surface area contributed by atoms with Gasteiger partial charge in [0.25, 0.3) is 0 Å². The Morgan fingerprint density at radius 2 is 1.86 bits per heavy atom. The van der Waals surface area contributed by atoms with Crippen LogP contribution in [0.2, 0.25) is 0 Å². The van der Waals surface area contributed by atoms with Gasteiger partial charge in [-0.25, -0.2) is 0 Å². The molecule has 0 bridgehead atoms. The topological polar surface area (TPSA) is 9.23 Å². The Morgan fingerprint density at radius 3 is 2.36 bits per heavy atom. The van der Waals surface area contributed by atoms with Crippen LogP contribution in [-0.4, -0.2) is 20.2 Å². The first-order valence-electron chi connectivity index (χ1n) is 4.93. The molecule has 0 radical (unpaired) electrons. The van der Waals surface area contributed by atoms with E-state index in [-0.39, 0.29) is 6.61 Å². The summed E-state index contributed by atoms with van der Waals surface area (Å²) in [6.45, 7) is 0.112. The maximum Gasteiger partial charge on any atom is 0.507 e. The average molecular weight is 209 g/mol. The lowest BCUT2D eigenvalue weighted by Gasteiger charge is -2.17. The third-order valence-electron chi connectivity index (χ3n) is 1.89. The fraction of sp³-hybridized carbons (Fsp3) is 0.778. The Bertz CT molecular complexity index is 168. The number of unbranched alkanes of at least 4 members (excludes halogenated alkanes) is 3. The van der Waals surface area contributed by atoms with Crippen LogP contribution in [0.1, 0.15) is 32.6 Å². The maximum absolute atomic E-state index is 12.0. The van der Waals surface area contributed by atoms with Gasteiger partial charge in [-0.15, -0.1) is 12.1 Å². The second kappa shape index (κ2) is 6.93. The molecule has 0 amide bonds. The van der Waals surface area contributed by atoms with Gasteiger partial charge in [-0.05, 0) is 6.42 Å². The van der Waals surface area contributed by atoms with Crippen molar-refractivity contribution in [2.45, 2.75) is 32.6 Å². The van der Waals surface area contributed by atoms with E-state index in [1.54, 1.807) is 0 Å². The molecule has 84 valence electrons. The van der Waals surface area contributed by atoms with Crippen molar-refractivity contribution in [3.8, 4) is 0 Å². The van der Waals surface area contributed by atoms with Crippen molar-refractivity contribution in [1.82, 2.24) is 0 Å². The van der Waals surface area contributed by atoms with Crippen molar-refractivity contribution in [1.29, 1.82) is 0 Å². The van der Waals surface area contributed by atoms with Crippen LogP contribution in [0.15, 0.2) is 12.1 Å². The first-order valence-corrected chi connectivity index (χ1v) is 4.93. The third-order valence-corrected chi connectivity index (χ3v) is 1.89. The quantitative estimate of drug-likeness (QED) is 0.438. The van der Waals surface area contributed by atoms with Crippen LogP contribution in [-0.2, 0) is 4.74 Å². The van der Waals surface area contributed by atoms with E-state index in [4.69, 9.17) is 4.74 Å². The maximum atomic E-state index is 12.0. The van der Waals surface area contributed by atoms with Gasteiger partial charge in [-0.3, -0.25) is 0 Å². The Morgan fingerprint density at radius 1 is 1.21 bits per heavy atom. The van der Waals surface area contributed by atoms with Crippen LogP contribution in [0, 0.1) is 0 Å². The van der Waals surface area contributed by atoms with E-state index in [0.29, 0.717) is 6.61 Å². The van der Waals surface area contributed by atoms with Gasteiger partial charge >= 0.3 is 6.98 Å². The van der Waals surface area contributed by atoms with E-state index in [9.17, 15) is 12.9 Å². The van der Waals surface area contributed by atoms with Gasteiger partial charge in [-0.2, -0.15) is 0 Å². The van der Waals surface area contributed by atoms with Crippen LogP contribution in [0.25, 0.3) is 0 Å². The van der Waals surface area contributed by atoms with Gasteiger partial charge in [0.2, 0.25) is 0 Å². The molecule has 0 rings (SSSR count). The summed E-state index contributed by atoms with van der Waals surface area (Å²) in [4.78, 5) is 0. The van der Waals surface area contributed by atoms with Crippen molar-refractivity contribution in [3.05, 3.63) is 12.1 Å². The zero-order valence-corrected chi connectivity index (χ0v) is 8.57. The number of ether oxygens (including phenoxy) is 1. The highest BCUT2D eigenvalue weighted by molar-refractivity contribution is 6.66. The molecule has 0 aromatic heterocycles. The molecule has 0 saturated heterocycles. The van der Waals surface area contributed by atoms with Crippen LogP contribution in [0.3, 0.4) is 0 Å². The highest BCUT2D eigenvalue weighted by Crippen LogP contribution is 2.18. The SMILES string of the molecule is C=C(COCCCCCC)[B-](F)(F)F. The average Bonchev–Trinajstić information content (AvgIpc) is 2.09. The predicted octanol–water partition coefficient (Wildman–Crippen LogP) is 3.53. The van der Waals surface area contributed by atoms with Gasteiger partial charge in [0.1, 0.15) is 0 Å². The second-order valence-electron chi connectivity index (χ2n) is 3.35. The van der Waals surface area contributed by atoms with Crippen molar-refractivity contribution >= 4 is 6.98 Å². The highest BCUT2D eigenvalue weighted by Gasteiger charge is 2.26. The number of hydrogen-bond acceptors (Lipinski definition) is 1. The summed E-state index contributed by atoms with van der Waals surface area (Å²) >= 11 is 0. The van der Waals surface area contributed by atoms with E-state index in [2.05, 4.69) is 13.5 Å². The smallest absolute Gasteiger partial charge is 0.445 e. The van der Waals surface area contributed by atoms with Gasteiger partial charge in [0.15, 0.2) is 0 Å². The second-order valence-corrected chi connectivity index (χ2v) is 3.35. The molecule has 0 spiro atoms. The standard InChI is InChI=1S/C9H17BF3O/c1-3-4-5-6-7-14-8-9(2)10(11,12)13/h2-8H2,1H3/q-1. The Labute approximate surface area is 83.4 Å². The first-order chi connectivity index (χ1) is 6.48. The van der Waals surface area contributed by atoms with E-state index in [1.807, 2.05) is 0 Å². The van der Waals surface area contributed by atoms with E-state index >= 15 is 0 Å². The van der Waals surface area contributed by atoms with E-state index < -0.39 is 12.4 Å². The molecule has 0 aromatic carbocycles. The van der Waals surface area contributed by atoms with Crippen molar-refractivity contribution in [2.75, 3.05) is 13.2 Å². The molecular formula is C9H17BF3O-. The van der Waals surface area contributed by atoms with E-state index in [0.717, 1.165) is 25.7 Å². The van der Waals surface area contributed by atoms with Crippen LogP contribution in [0.4, 0.5) is 12.9 Å². The van der Waals surface area contributed by atoms with Crippen LogP contribution < -0.4 is 0 Å². The summed E-state index contributed by atoms with van der Waals surface area (Å²) in [5.41, 5.74) is -0.750. The Hall–Kier alpha value is -0.445. The molecule has 0 heterocycles. The molecule has 0 aliphatic carbocycles. The molecule has 5 heteroatoms. The van der Waals surface area contributed by atoms with Crippen molar-refractivity contribution < 1.29 is 17.7 Å². The number of hydrogen-bond donors (Lipinski definition) is 0. The fourth-order valence-electron chi connectivity index (χ4n) is 0.929. The lowest BCUT2D eigenvalue weighted by molar-refractivity contribution is 0.152. The number of halogens is 3. The zero-order valence-electron chi connectivity index (χ0n) is 8.57. The van der Waals surface area contributed by atoms with Gasteiger partial charge in [-0.1, -0.05) is 26.2 Å². The molecule has 0 fully saturated rings.